The molecule has 1 aromatic heterocycles. The Morgan fingerprint density at radius 3 is 2.63 bits per heavy atom. The quantitative estimate of drug-likeness (QED) is 0.608. The van der Waals surface area contributed by atoms with Gasteiger partial charge in [-0.2, -0.15) is 10.4 Å². The maximum absolute atomic E-state index is 13.2. The summed E-state index contributed by atoms with van der Waals surface area (Å²) in [6, 6.07) is 16.5. The Morgan fingerprint density at radius 2 is 1.96 bits per heavy atom. The summed E-state index contributed by atoms with van der Waals surface area (Å²) in [5.74, 6) is 0.426. The molecule has 3 aromatic rings. The first-order valence-electron chi connectivity index (χ1n) is 8.87. The fraction of sp³-hybridized carbons (Fsp3) is 0.286. The van der Waals surface area contributed by atoms with E-state index in [2.05, 4.69) is 16.2 Å². The van der Waals surface area contributed by atoms with Crippen LogP contribution in [0.5, 0.6) is 5.75 Å². The van der Waals surface area contributed by atoms with E-state index in [4.69, 9.17) is 4.74 Å². The monoisotopic (exact) mass is 364 g/mol. The number of halogens is 1. The highest BCUT2D eigenvalue weighted by atomic mass is 19.1. The molecular weight excluding hydrogens is 343 g/mol. The second kappa shape index (κ2) is 8.45. The summed E-state index contributed by atoms with van der Waals surface area (Å²) in [7, 11) is 0. The SMILES string of the molecule is CCOc1ccccc1C(C#N)(CCc1ccc(F)cc1)Cn1cncn1. The van der Waals surface area contributed by atoms with Crippen molar-refractivity contribution in [3.8, 4) is 11.8 Å². The number of aromatic nitrogens is 3. The number of ether oxygens (including phenoxy) is 1. The lowest BCUT2D eigenvalue weighted by Crippen LogP contribution is -2.32. The molecule has 3 rings (SSSR count). The van der Waals surface area contributed by atoms with Crippen LogP contribution in [0, 0.1) is 17.1 Å². The first-order valence-corrected chi connectivity index (χ1v) is 8.87. The summed E-state index contributed by atoms with van der Waals surface area (Å²) >= 11 is 0. The molecule has 0 bridgehead atoms. The number of hydrogen-bond donors (Lipinski definition) is 0. The molecule has 1 atom stereocenters. The molecule has 0 saturated heterocycles. The number of nitriles is 1. The van der Waals surface area contributed by atoms with Crippen molar-refractivity contribution in [3.63, 3.8) is 0 Å². The summed E-state index contributed by atoms with van der Waals surface area (Å²) in [4.78, 5) is 3.99. The van der Waals surface area contributed by atoms with Gasteiger partial charge in [0.15, 0.2) is 0 Å². The molecule has 27 heavy (non-hydrogen) atoms. The third kappa shape index (κ3) is 4.32. The molecule has 0 aliphatic carbocycles. The van der Waals surface area contributed by atoms with E-state index < -0.39 is 5.41 Å². The van der Waals surface area contributed by atoms with Gasteiger partial charge in [0.25, 0.3) is 0 Å². The lowest BCUT2D eigenvalue weighted by atomic mass is 9.76. The number of para-hydroxylation sites is 1. The van der Waals surface area contributed by atoms with Gasteiger partial charge in [-0.1, -0.05) is 30.3 Å². The molecule has 2 aromatic carbocycles. The molecule has 0 amide bonds. The zero-order valence-electron chi connectivity index (χ0n) is 15.2. The molecule has 0 aliphatic heterocycles. The minimum absolute atomic E-state index is 0.269. The molecule has 0 N–H and O–H groups in total. The Kier molecular flexibility index (Phi) is 5.82. The van der Waals surface area contributed by atoms with Crippen molar-refractivity contribution in [3.05, 3.63) is 78.1 Å². The van der Waals surface area contributed by atoms with E-state index in [0.717, 1.165) is 11.1 Å². The first-order chi connectivity index (χ1) is 13.2. The molecule has 6 heteroatoms. The average Bonchev–Trinajstić information content (AvgIpc) is 3.20. The average molecular weight is 364 g/mol. The normalized spacial score (nSPS) is 12.9. The van der Waals surface area contributed by atoms with Crippen LogP contribution >= 0.6 is 0 Å². The largest absolute Gasteiger partial charge is 0.494 e. The van der Waals surface area contributed by atoms with Crippen LogP contribution in [0.2, 0.25) is 0 Å². The summed E-state index contributed by atoms with van der Waals surface area (Å²) in [5.41, 5.74) is 0.948. The van der Waals surface area contributed by atoms with E-state index in [1.165, 1.54) is 18.5 Å². The summed E-state index contributed by atoms with van der Waals surface area (Å²) in [6.07, 6.45) is 4.23. The van der Waals surface area contributed by atoms with Gasteiger partial charge in [-0.05, 0) is 43.5 Å². The van der Waals surface area contributed by atoms with Gasteiger partial charge >= 0.3 is 0 Å². The third-order valence-corrected chi connectivity index (χ3v) is 4.57. The summed E-state index contributed by atoms with van der Waals surface area (Å²) in [5, 5.41) is 14.4. The van der Waals surface area contributed by atoms with E-state index in [1.54, 1.807) is 23.1 Å². The highest BCUT2D eigenvalue weighted by Gasteiger charge is 2.36. The van der Waals surface area contributed by atoms with Gasteiger partial charge in [-0.3, -0.25) is 4.68 Å². The standard InChI is InChI=1S/C21H21FN4O/c1-2-27-20-6-4-3-5-19(20)21(13-23,14-26-16-24-15-25-26)12-11-17-7-9-18(22)10-8-17/h3-10,15-16H,2,11-12,14H2,1H3. The predicted octanol–water partition coefficient (Wildman–Crippen LogP) is 3.91. The zero-order valence-corrected chi connectivity index (χ0v) is 15.2. The molecule has 0 aliphatic rings. The number of benzene rings is 2. The van der Waals surface area contributed by atoms with E-state index in [-0.39, 0.29) is 5.82 Å². The van der Waals surface area contributed by atoms with Crippen LogP contribution in [0.1, 0.15) is 24.5 Å². The third-order valence-electron chi connectivity index (χ3n) is 4.57. The van der Waals surface area contributed by atoms with Gasteiger partial charge < -0.3 is 4.74 Å². The molecular formula is C21H21FN4O. The van der Waals surface area contributed by atoms with Crippen LogP contribution in [-0.4, -0.2) is 21.4 Å². The Labute approximate surface area is 158 Å². The number of aryl methyl sites for hydroxylation is 1. The Balaban J connectivity index is 1.97. The van der Waals surface area contributed by atoms with Crippen LogP contribution in [0.25, 0.3) is 0 Å². The minimum Gasteiger partial charge on any atom is -0.494 e. The number of hydrogen-bond acceptors (Lipinski definition) is 4. The predicted molar refractivity (Wildman–Crippen MR) is 99.6 cm³/mol. The molecule has 0 fully saturated rings. The first kappa shape index (κ1) is 18.6. The Bertz CT molecular complexity index is 903. The van der Waals surface area contributed by atoms with E-state index in [1.807, 2.05) is 31.2 Å². The molecule has 0 radical (unpaired) electrons. The Morgan fingerprint density at radius 1 is 1.19 bits per heavy atom. The van der Waals surface area contributed by atoms with Gasteiger partial charge in [-0.15, -0.1) is 0 Å². The van der Waals surface area contributed by atoms with Crippen LogP contribution in [0.3, 0.4) is 0 Å². The van der Waals surface area contributed by atoms with Crippen molar-refractivity contribution in [1.29, 1.82) is 5.26 Å². The van der Waals surface area contributed by atoms with Crippen LogP contribution in [0.4, 0.5) is 4.39 Å². The van der Waals surface area contributed by atoms with E-state index >= 15 is 0 Å². The second-order valence-electron chi connectivity index (χ2n) is 6.34. The fourth-order valence-electron chi connectivity index (χ4n) is 3.19. The van der Waals surface area contributed by atoms with E-state index in [9.17, 15) is 9.65 Å². The maximum atomic E-state index is 13.2. The molecule has 0 spiro atoms. The summed E-state index contributed by atoms with van der Waals surface area (Å²) < 4.78 is 20.6. The van der Waals surface area contributed by atoms with Crippen LogP contribution in [0.15, 0.2) is 61.2 Å². The highest BCUT2D eigenvalue weighted by molar-refractivity contribution is 5.44. The van der Waals surface area contributed by atoms with Crippen molar-refractivity contribution in [1.82, 2.24) is 14.8 Å². The minimum atomic E-state index is -0.853. The summed E-state index contributed by atoms with van der Waals surface area (Å²) in [6.45, 7) is 2.79. The molecule has 1 unspecified atom stereocenters. The van der Waals surface area contributed by atoms with E-state index in [0.29, 0.717) is 31.7 Å². The van der Waals surface area contributed by atoms with Gasteiger partial charge in [0.2, 0.25) is 0 Å². The lowest BCUT2D eigenvalue weighted by molar-refractivity contribution is 0.319. The number of nitrogens with zero attached hydrogens (tertiary/aromatic N) is 4. The van der Waals surface area contributed by atoms with Gasteiger partial charge in [0, 0.05) is 5.56 Å². The van der Waals surface area contributed by atoms with Crippen molar-refractivity contribution >= 4 is 0 Å². The van der Waals surface area contributed by atoms with Crippen molar-refractivity contribution in [2.45, 2.75) is 31.7 Å². The maximum Gasteiger partial charge on any atom is 0.137 e. The highest BCUT2D eigenvalue weighted by Crippen LogP contribution is 2.37. The van der Waals surface area contributed by atoms with Crippen molar-refractivity contribution in [2.24, 2.45) is 0 Å². The molecule has 5 nitrogen and oxygen atoms in total. The van der Waals surface area contributed by atoms with Crippen LogP contribution < -0.4 is 4.74 Å². The van der Waals surface area contributed by atoms with Gasteiger partial charge in [-0.25, -0.2) is 9.37 Å². The van der Waals surface area contributed by atoms with Crippen LogP contribution in [-0.2, 0) is 18.4 Å². The Hall–Kier alpha value is -3.20. The number of rotatable bonds is 8. The van der Waals surface area contributed by atoms with Crippen molar-refractivity contribution < 1.29 is 9.13 Å². The van der Waals surface area contributed by atoms with Gasteiger partial charge in [0.05, 0.1) is 19.2 Å². The molecule has 1 heterocycles. The second-order valence-corrected chi connectivity index (χ2v) is 6.34. The molecule has 138 valence electrons. The fourth-order valence-corrected chi connectivity index (χ4v) is 3.19. The topological polar surface area (TPSA) is 63.7 Å². The smallest absolute Gasteiger partial charge is 0.137 e. The van der Waals surface area contributed by atoms with Gasteiger partial charge in [0.1, 0.15) is 29.6 Å². The zero-order chi connectivity index (χ0) is 19.1. The molecule has 0 saturated carbocycles. The van der Waals surface area contributed by atoms with Crippen molar-refractivity contribution in [2.75, 3.05) is 6.61 Å². The lowest BCUT2D eigenvalue weighted by Gasteiger charge is -2.29.